The van der Waals surface area contributed by atoms with E-state index in [0.29, 0.717) is 0 Å². The SMILES string of the molecule is CC(CNCc1ccc2c(c1)CCC2)CN1CCCC1. The molecule has 1 unspecified atom stereocenters. The minimum Gasteiger partial charge on any atom is -0.312 e. The first-order valence-electron chi connectivity index (χ1n) is 8.35. The zero-order valence-electron chi connectivity index (χ0n) is 12.8. The molecule has 20 heavy (non-hydrogen) atoms. The molecule has 1 aromatic rings. The Bertz CT molecular complexity index is 435. The predicted molar refractivity (Wildman–Crippen MR) is 85.0 cm³/mol. The molecule has 1 aliphatic heterocycles. The van der Waals surface area contributed by atoms with Gasteiger partial charge in [-0.1, -0.05) is 25.1 Å². The van der Waals surface area contributed by atoms with E-state index in [4.69, 9.17) is 0 Å². The second-order valence-corrected chi connectivity index (χ2v) is 6.70. The van der Waals surface area contributed by atoms with Gasteiger partial charge in [-0.2, -0.15) is 0 Å². The molecule has 0 spiro atoms. The average Bonchev–Trinajstić information content (AvgIpc) is 3.09. The Morgan fingerprint density at radius 2 is 1.90 bits per heavy atom. The molecule has 110 valence electrons. The van der Waals surface area contributed by atoms with Crippen molar-refractivity contribution >= 4 is 0 Å². The van der Waals surface area contributed by atoms with Crippen molar-refractivity contribution in [3.8, 4) is 0 Å². The average molecular weight is 272 g/mol. The van der Waals surface area contributed by atoms with E-state index in [2.05, 4.69) is 35.3 Å². The number of hydrogen-bond acceptors (Lipinski definition) is 2. The summed E-state index contributed by atoms with van der Waals surface area (Å²) in [6, 6.07) is 7.07. The maximum absolute atomic E-state index is 3.64. The number of hydrogen-bond donors (Lipinski definition) is 1. The molecular formula is C18H28N2. The molecule has 3 rings (SSSR count). The molecule has 0 amide bonds. The van der Waals surface area contributed by atoms with Crippen LogP contribution in [-0.2, 0) is 19.4 Å². The van der Waals surface area contributed by atoms with E-state index in [1.807, 2.05) is 0 Å². The molecule has 1 aliphatic carbocycles. The van der Waals surface area contributed by atoms with Gasteiger partial charge in [0.05, 0.1) is 0 Å². The van der Waals surface area contributed by atoms with E-state index in [0.717, 1.165) is 19.0 Å². The Hall–Kier alpha value is -0.860. The first kappa shape index (κ1) is 14.1. The molecule has 2 aliphatic rings. The summed E-state index contributed by atoms with van der Waals surface area (Å²) >= 11 is 0. The quantitative estimate of drug-likeness (QED) is 0.856. The third-order valence-corrected chi connectivity index (χ3v) is 4.75. The highest BCUT2D eigenvalue weighted by molar-refractivity contribution is 5.35. The first-order valence-corrected chi connectivity index (χ1v) is 8.35. The van der Waals surface area contributed by atoms with Gasteiger partial charge >= 0.3 is 0 Å². The number of nitrogens with zero attached hydrogens (tertiary/aromatic N) is 1. The summed E-state index contributed by atoms with van der Waals surface area (Å²) in [5.74, 6) is 0.752. The molecule has 2 heteroatoms. The fourth-order valence-corrected chi connectivity index (χ4v) is 3.67. The van der Waals surface area contributed by atoms with Crippen molar-refractivity contribution in [3.63, 3.8) is 0 Å². The van der Waals surface area contributed by atoms with Gasteiger partial charge < -0.3 is 10.2 Å². The highest BCUT2D eigenvalue weighted by Gasteiger charge is 2.14. The van der Waals surface area contributed by atoms with Crippen molar-refractivity contribution in [3.05, 3.63) is 34.9 Å². The summed E-state index contributed by atoms with van der Waals surface area (Å²) in [4.78, 5) is 2.61. The van der Waals surface area contributed by atoms with Crippen LogP contribution in [0, 0.1) is 5.92 Å². The van der Waals surface area contributed by atoms with Gasteiger partial charge in [-0.25, -0.2) is 0 Å². The van der Waals surface area contributed by atoms with Crippen molar-refractivity contribution < 1.29 is 0 Å². The van der Waals surface area contributed by atoms with Crippen LogP contribution in [0.15, 0.2) is 18.2 Å². The summed E-state index contributed by atoms with van der Waals surface area (Å²) in [5, 5.41) is 3.64. The minimum atomic E-state index is 0.752. The van der Waals surface area contributed by atoms with Gasteiger partial charge in [0.15, 0.2) is 0 Å². The lowest BCUT2D eigenvalue weighted by Crippen LogP contribution is -2.31. The summed E-state index contributed by atoms with van der Waals surface area (Å²) in [6.07, 6.45) is 6.72. The molecule has 0 bridgehead atoms. The van der Waals surface area contributed by atoms with Crippen molar-refractivity contribution in [2.45, 2.75) is 45.6 Å². The number of aryl methyl sites for hydroxylation is 2. The van der Waals surface area contributed by atoms with E-state index >= 15 is 0 Å². The molecule has 1 fully saturated rings. The molecule has 0 aromatic heterocycles. The highest BCUT2D eigenvalue weighted by atomic mass is 15.1. The highest BCUT2D eigenvalue weighted by Crippen LogP contribution is 2.22. The van der Waals surface area contributed by atoms with Crippen molar-refractivity contribution in [1.82, 2.24) is 10.2 Å². The van der Waals surface area contributed by atoms with Crippen LogP contribution in [0.4, 0.5) is 0 Å². The fraction of sp³-hybridized carbons (Fsp3) is 0.667. The first-order chi connectivity index (χ1) is 9.81. The van der Waals surface area contributed by atoms with Crippen LogP contribution >= 0.6 is 0 Å². The second kappa shape index (κ2) is 6.73. The lowest BCUT2D eigenvalue weighted by Gasteiger charge is -2.20. The van der Waals surface area contributed by atoms with Crippen molar-refractivity contribution in [2.75, 3.05) is 26.2 Å². The van der Waals surface area contributed by atoms with Crippen LogP contribution in [-0.4, -0.2) is 31.1 Å². The second-order valence-electron chi connectivity index (χ2n) is 6.70. The Kier molecular flexibility index (Phi) is 4.74. The minimum absolute atomic E-state index is 0.752. The van der Waals surface area contributed by atoms with Gasteiger partial charge in [0, 0.05) is 13.1 Å². The van der Waals surface area contributed by atoms with E-state index in [-0.39, 0.29) is 0 Å². The third kappa shape index (κ3) is 3.62. The van der Waals surface area contributed by atoms with E-state index in [1.54, 1.807) is 11.1 Å². The number of nitrogens with one attached hydrogen (secondary N) is 1. The van der Waals surface area contributed by atoms with Gasteiger partial charge in [-0.05, 0) is 74.3 Å². The molecular weight excluding hydrogens is 244 g/mol. The van der Waals surface area contributed by atoms with Crippen LogP contribution < -0.4 is 5.32 Å². The topological polar surface area (TPSA) is 15.3 Å². The maximum Gasteiger partial charge on any atom is 0.0205 e. The maximum atomic E-state index is 3.64. The fourth-order valence-electron chi connectivity index (χ4n) is 3.67. The zero-order chi connectivity index (χ0) is 13.8. The number of fused-ring (bicyclic) bond motifs is 1. The van der Waals surface area contributed by atoms with Gasteiger partial charge in [0.1, 0.15) is 0 Å². The molecule has 0 radical (unpaired) electrons. The van der Waals surface area contributed by atoms with Crippen LogP contribution in [0.2, 0.25) is 0 Å². The third-order valence-electron chi connectivity index (χ3n) is 4.75. The predicted octanol–water partition coefficient (Wildman–Crippen LogP) is 3.00. The van der Waals surface area contributed by atoms with Gasteiger partial charge in [0.25, 0.3) is 0 Å². The summed E-state index contributed by atoms with van der Waals surface area (Å²) in [6.45, 7) is 8.42. The molecule has 1 heterocycles. The lowest BCUT2D eigenvalue weighted by molar-refractivity contribution is 0.282. The number of benzene rings is 1. The molecule has 2 nitrogen and oxygen atoms in total. The molecule has 1 N–H and O–H groups in total. The number of likely N-dealkylation sites (tertiary alicyclic amines) is 1. The lowest BCUT2D eigenvalue weighted by atomic mass is 10.1. The van der Waals surface area contributed by atoms with Crippen LogP contribution in [0.3, 0.4) is 0 Å². The van der Waals surface area contributed by atoms with Crippen LogP contribution in [0.5, 0.6) is 0 Å². The smallest absolute Gasteiger partial charge is 0.0205 e. The van der Waals surface area contributed by atoms with Gasteiger partial charge in [-0.3, -0.25) is 0 Å². The van der Waals surface area contributed by atoms with Crippen LogP contribution in [0.25, 0.3) is 0 Å². The molecule has 1 atom stereocenters. The summed E-state index contributed by atoms with van der Waals surface area (Å²) in [5.41, 5.74) is 4.63. The Morgan fingerprint density at radius 1 is 1.10 bits per heavy atom. The molecule has 1 aromatic carbocycles. The van der Waals surface area contributed by atoms with E-state index in [1.165, 1.54) is 57.3 Å². The van der Waals surface area contributed by atoms with Crippen molar-refractivity contribution in [1.29, 1.82) is 0 Å². The molecule has 1 saturated heterocycles. The van der Waals surface area contributed by atoms with Crippen molar-refractivity contribution in [2.24, 2.45) is 5.92 Å². The summed E-state index contributed by atoms with van der Waals surface area (Å²) in [7, 11) is 0. The largest absolute Gasteiger partial charge is 0.312 e. The molecule has 0 saturated carbocycles. The Labute approximate surface area is 123 Å². The number of rotatable bonds is 6. The zero-order valence-corrected chi connectivity index (χ0v) is 12.8. The van der Waals surface area contributed by atoms with Gasteiger partial charge in [0.2, 0.25) is 0 Å². The van der Waals surface area contributed by atoms with E-state index < -0.39 is 0 Å². The Balaban J connectivity index is 1.40. The standard InChI is InChI=1S/C18H28N2/c1-15(14-20-9-2-3-10-20)12-19-13-16-7-8-17-5-4-6-18(17)11-16/h7-8,11,15,19H,2-6,9-10,12-14H2,1H3. The Morgan fingerprint density at radius 3 is 2.75 bits per heavy atom. The monoisotopic (exact) mass is 272 g/mol. The van der Waals surface area contributed by atoms with E-state index in [9.17, 15) is 0 Å². The van der Waals surface area contributed by atoms with Gasteiger partial charge in [-0.15, -0.1) is 0 Å². The summed E-state index contributed by atoms with van der Waals surface area (Å²) < 4.78 is 0. The van der Waals surface area contributed by atoms with Crippen LogP contribution in [0.1, 0.15) is 42.9 Å². The normalized spacial score (nSPS) is 20.2.